The Hall–Kier alpha value is -0.830. The molecular formula is C11H17N2O. The molecule has 1 unspecified atom stereocenters. The lowest BCUT2D eigenvalue weighted by atomic mass is 10.0. The van der Waals surface area contributed by atoms with E-state index in [0.29, 0.717) is 6.10 Å². The quantitative estimate of drug-likeness (QED) is 0.714. The van der Waals surface area contributed by atoms with Gasteiger partial charge in [0.15, 0.2) is 0 Å². The summed E-state index contributed by atoms with van der Waals surface area (Å²) in [6, 6.07) is 0. The van der Waals surface area contributed by atoms with Crippen LogP contribution in [-0.4, -0.2) is 22.5 Å². The molecule has 1 aromatic rings. The first-order chi connectivity index (χ1) is 6.77. The van der Waals surface area contributed by atoms with Crippen LogP contribution in [0.4, 0.5) is 0 Å². The maximum atomic E-state index is 5.69. The fraction of sp³-hybridized carbons (Fsp3) is 0.727. The number of nitrogens with zero attached hydrogens (tertiary/aromatic N) is 2. The number of aromatic nitrogens is 2. The van der Waals surface area contributed by atoms with Crippen molar-refractivity contribution in [3.63, 3.8) is 0 Å². The highest BCUT2D eigenvalue weighted by atomic mass is 16.5. The summed E-state index contributed by atoms with van der Waals surface area (Å²) in [5.41, 5.74) is 2.42. The first-order valence-electron chi connectivity index (χ1n) is 5.29. The van der Waals surface area contributed by atoms with Crippen molar-refractivity contribution < 1.29 is 4.74 Å². The van der Waals surface area contributed by atoms with Gasteiger partial charge < -0.3 is 4.74 Å². The zero-order chi connectivity index (χ0) is 9.97. The number of hydrogen-bond donors (Lipinski definition) is 0. The van der Waals surface area contributed by atoms with Gasteiger partial charge in [0.2, 0.25) is 0 Å². The molecule has 14 heavy (non-hydrogen) atoms. The molecule has 2 rings (SSSR count). The first kappa shape index (κ1) is 9.71. The Bertz CT molecular complexity index is 300. The minimum Gasteiger partial charge on any atom is -0.378 e. The van der Waals surface area contributed by atoms with Gasteiger partial charge in [0.25, 0.3) is 0 Å². The third-order valence-corrected chi connectivity index (χ3v) is 2.96. The molecule has 0 saturated carbocycles. The molecule has 1 fully saturated rings. The van der Waals surface area contributed by atoms with E-state index in [1.54, 1.807) is 0 Å². The van der Waals surface area contributed by atoms with Crippen LogP contribution in [0.5, 0.6) is 0 Å². The van der Waals surface area contributed by atoms with Crippen molar-refractivity contribution in [2.75, 3.05) is 6.61 Å². The van der Waals surface area contributed by atoms with Gasteiger partial charge in [-0.2, -0.15) is 5.10 Å². The van der Waals surface area contributed by atoms with Crippen LogP contribution in [0.1, 0.15) is 30.5 Å². The summed E-state index contributed by atoms with van der Waals surface area (Å²) in [5, 5.41) is 4.12. The van der Waals surface area contributed by atoms with E-state index in [-0.39, 0.29) is 0 Å². The predicted octanol–water partition coefficient (Wildman–Crippen LogP) is 1.64. The Morgan fingerprint density at radius 1 is 1.57 bits per heavy atom. The highest BCUT2D eigenvalue weighted by Crippen LogP contribution is 2.18. The summed E-state index contributed by atoms with van der Waals surface area (Å²) in [6.45, 7) is 3.01. The molecule has 3 nitrogen and oxygen atoms in total. The highest BCUT2D eigenvalue weighted by molar-refractivity contribution is 5.15. The Morgan fingerprint density at radius 2 is 2.43 bits per heavy atom. The van der Waals surface area contributed by atoms with E-state index < -0.39 is 0 Å². The van der Waals surface area contributed by atoms with Crippen molar-refractivity contribution in [1.82, 2.24) is 9.78 Å². The maximum Gasteiger partial charge on any atom is 0.116 e. The second kappa shape index (κ2) is 4.13. The zero-order valence-electron chi connectivity index (χ0n) is 8.92. The third kappa shape index (κ3) is 1.98. The van der Waals surface area contributed by atoms with Crippen LogP contribution in [0.25, 0.3) is 0 Å². The summed E-state index contributed by atoms with van der Waals surface area (Å²) < 4.78 is 7.56. The molecule has 0 aromatic carbocycles. The summed E-state index contributed by atoms with van der Waals surface area (Å²) >= 11 is 0. The minimum atomic E-state index is 0.392. The molecule has 1 aromatic heterocycles. The van der Waals surface area contributed by atoms with Gasteiger partial charge in [0.1, 0.15) is 6.20 Å². The van der Waals surface area contributed by atoms with E-state index in [2.05, 4.69) is 18.2 Å². The molecule has 1 atom stereocenters. The molecule has 0 spiro atoms. The van der Waals surface area contributed by atoms with Crippen molar-refractivity contribution in [1.29, 1.82) is 0 Å². The van der Waals surface area contributed by atoms with Crippen LogP contribution in [0.3, 0.4) is 0 Å². The fourth-order valence-electron chi connectivity index (χ4n) is 1.88. The lowest BCUT2D eigenvalue weighted by Gasteiger charge is -2.22. The largest absolute Gasteiger partial charge is 0.378 e. The molecule has 0 aliphatic carbocycles. The van der Waals surface area contributed by atoms with Gasteiger partial charge in [0.05, 0.1) is 6.10 Å². The molecule has 0 bridgehead atoms. The average molecular weight is 193 g/mol. The van der Waals surface area contributed by atoms with Gasteiger partial charge in [-0.25, -0.2) is 0 Å². The van der Waals surface area contributed by atoms with E-state index in [1.807, 2.05) is 11.7 Å². The Kier molecular flexibility index (Phi) is 2.87. The molecule has 1 aliphatic rings. The topological polar surface area (TPSA) is 27.1 Å². The van der Waals surface area contributed by atoms with Gasteiger partial charge in [-0.15, -0.1) is 0 Å². The van der Waals surface area contributed by atoms with E-state index in [1.165, 1.54) is 30.5 Å². The van der Waals surface area contributed by atoms with Gasteiger partial charge in [0, 0.05) is 31.3 Å². The van der Waals surface area contributed by atoms with Crippen molar-refractivity contribution in [2.45, 2.75) is 38.7 Å². The zero-order valence-corrected chi connectivity index (χ0v) is 8.92. The summed E-state index contributed by atoms with van der Waals surface area (Å²) in [4.78, 5) is 0. The van der Waals surface area contributed by atoms with Crippen LogP contribution in [-0.2, 0) is 18.2 Å². The van der Waals surface area contributed by atoms with Crippen molar-refractivity contribution in [3.05, 3.63) is 17.5 Å². The monoisotopic (exact) mass is 193 g/mol. The van der Waals surface area contributed by atoms with Gasteiger partial charge in [-0.05, 0) is 26.2 Å². The van der Waals surface area contributed by atoms with Crippen LogP contribution in [0.15, 0.2) is 0 Å². The van der Waals surface area contributed by atoms with E-state index in [9.17, 15) is 0 Å². The molecule has 0 amide bonds. The number of hydrogen-bond acceptors (Lipinski definition) is 2. The number of ether oxygens (including phenoxy) is 1. The predicted molar refractivity (Wildman–Crippen MR) is 54.1 cm³/mol. The van der Waals surface area contributed by atoms with E-state index in [0.717, 1.165) is 13.0 Å². The first-order valence-corrected chi connectivity index (χ1v) is 5.29. The average Bonchev–Trinajstić information content (AvgIpc) is 2.52. The lowest BCUT2D eigenvalue weighted by molar-refractivity contribution is 0.0167. The van der Waals surface area contributed by atoms with Crippen LogP contribution in [0, 0.1) is 13.1 Å². The van der Waals surface area contributed by atoms with Crippen LogP contribution < -0.4 is 0 Å². The molecule has 1 saturated heterocycles. The molecule has 0 N–H and O–H groups in total. The Balaban J connectivity index is 1.99. The standard InChI is InChI=1S/C11H17N2O/c1-9-10(8-12-13(9)2)7-11-5-3-4-6-14-11/h11H,3-7H2,1-2H3. The number of aryl methyl sites for hydroxylation is 1. The highest BCUT2D eigenvalue weighted by Gasteiger charge is 2.16. The van der Waals surface area contributed by atoms with Crippen LogP contribution in [0.2, 0.25) is 0 Å². The maximum absolute atomic E-state index is 5.69. The van der Waals surface area contributed by atoms with Gasteiger partial charge in [-0.1, -0.05) is 0 Å². The molecule has 2 heterocycles. The summed E-state index contributed by atoms with van der Waals surface area (Å²) in [6.07, 6.45) is 8.11. The Morgan fingerprint density at radius 3 is 3.00 bits per heavy atom. The smallest absolute Gasteiger partial charge is 0.116 e. The van der Waals surface area contributed by atoms with E-state index >= 15 is 0 Å². The number of rotatable bonds is 2. The van der Waals surface area contributed by atoms with Gasteiger partial charge in [-0.3, -0.25) is 4.68 Å². The van der Waals surface area contributed by atoms with E-state index in [4.69, 9.17) is 4.74 Å². The van der Waals surface area contributed by atoms with Crippen molar-refractivity contribution in [3.8, 4) is 0 Å². The Labute approximate surface area is 85.1 Å². The van der Waals surface area contributed by atoms with Gasteiger partial charge >= 0.3 is 0 Å². The van der Waals surface area contributed by atoms with Crippen molar-refractivity contribution in [2.24, 2.45) is 7.05 Å². The molecule has 1 aliphatic heterocycles. The van der Waals surface area contributed by atoms with Crippen molar-refractivity contribution >= 4 is 0 Å². The fourth-order valence-corrected chi connectivity index (χ4v) is 1.88. The summed E-state index contributed by atoms with van der Waals surface area (Å²) in [7, 11) is 1.96. The minimum absolute atomic E-state index is 0.392. The SMILES string of the molecule is Cc1c(CC2CCCCO2)[c]nn1C. The second-order valence-corrected chi connectivity index (χ2v) is 3.99. The second-order valence-electron chi connectivity index (χ2n) is 3.99. The molecule has 3 heteroatoms. The molecule has 77 valence electrons. The summed E-state index contributed by atoms with van der Waals surface area (Å²) in [5.74, 6) is 0. The third-order valence-electron chi connectivity index (χ3n) is 2.96. The normalized spacial score (nSPS) is 22.6. The van der Waals surface area contributed by atoms with Crippen LogP contribution >= 0.6 is 0 Å². The lowest BCUT2D eigenvalue weighted by Crippen LogP contribution is -2.21. The molecule has 1 radical (unpaired) electrons. The molecular weight excluding hydrogens is 176 g/mol.